The third-order valence-corrected chi connectivity index (χ3v) is 7.32. The summed E-state index contributed by atoms with van der Waals surface area (Å²) < 4.78 is 5.65. The van der Waals surface area contributed by atoms with Crippen molar-refractivity contribution in [3.05, 3.63) is 59.7 Å². The Morgan fingerprint density at radius 1 is 1.00 bits per heavy atom. The molecule has 7 heteroatoms. The highest BCUT2D eigenvalue weighted by Gasteiger charge is 2.44. The molecule has 3 aliphatic rings. The van der Waals surface area contributed by atoms with Gasteiger partial charge in [0, 0.05) is 18.9 Å². The van der Waals surface area contributed by atoms with E-state index in [0.717, 1.165) is 30.4 Å². The number of ether oxygens (including phenoxy) is 1. The zero-order chi connectivity index (χ0) is 23.0. The lowest BCUT2D eigenvalue weighted by molar-refractivity contribution is -0.139. The Hall–Kier alpha value is -3.35. The Balaban J connectivity index is 1.15. The topological polar surface area (TPSA) is 105 Å². The van der Waals surface area contributed by atoms with Gasteiger partial charge in [-0.15, -0.1) is 0 Å². The van der Waals surface area contributed by atoms with Gasteiger partial charge in [-0.25, -0.2) is 4.79 Å². The SMILES string of the molecule is O=C(CC1(NC(=O)OCC2c3ccccc3-c3ccccc32)CCC1)NC[C@@H]1C[C@@H]1C(=O)O. The van der Waals surface area contributed by atoms with Crippen molar-refractivity contribution < 1.29 is 24.2 Å². The molecule has 172 valence electrons. The first kappa shape index (κ1) is 21.5. The molecule has 0 spiro atoms. The van der Waals surface area contributed by atoms with Crippen LogP contribution in [0.5, 0.6) is 0 Å². The van der Waals surface area contributed by atoms with Gasteiger partial charge in [0.15, 0.2) is 0 Å². The fraction of sp³-hybridized carbons (Fsp3) is 0.423. The third kappa shape index (κ3) is 4.32. The largest absolute Gasteiger partial charge is 0.481 e. The van der Waals surface area contributed by atoms with Gasteiger partial charge in [0.05, 0.1) is 11.5 Å². The van der Waals surface area contributed by atoms with Gasteiger partial charge >= 0.3 is 12.1 Å². The van der Waals surface area contributed by atoms with Gasteiger partial charge in [0.25, 0.3) is 0 Å². The van der Waals surface area contributed by atoms with Crippen molar-refractivity contribution in [3.8, 4) is 11.1 Å². The van der Waals surface area contributed by atoms with Crippen LogP contribution < -0.4 is 10.6 Å². The molecule has 0 bridgehead atoms. The molecule has 7 nitrogen and oxygen atoms in total. The highest BCUT2D eigenvalue weighted by molar-refractivity contribution is 5.80. The number of amides is 2. The summed E-state index contributed by atoms with van der Waals surface area (Å²) >= 11 is 0. The molecule has 2 aromatic rings. The second kappa shape index (κ2) is 8.54. The third-order valence-electron chi connectivity index (χ3n) is 7.32. The molecule has 2 aromatic carbocycles. The van der Waals surface area contributed by atoms with Crippen LogP contribution in [0, 0.1) is 11.8 Å². The molecule has 2 fully saturated rings. The molecule has 33 heavy (non-hydrogen) atoms. The first-order valence-electron chi connectivity index (χ1n) is 11.6. The summed E-state index contributed by atoms with van der Waals surface area (Å²) in [5, 5.41) is 14.8. The van der Waals surface area contributed by atoms with Gasteiger partial charge in [-0.05, 0) is 53.9 Å². The first-order chi connectivity index (χ1) is 16.0. The summed E-state index contributed by atoms with van der Waals surface area (Å²) in [6.45, 7) is 0.608. The summed E-state index contributed by atoms with van der Waals surface area (Å²) in [6.07, 6.45) is 2.69. The highest BCUT2D eigenvalue weighted by atomic mass is 16.5. The first-order valence-corrected chi connectivity index (χ1v) is 11.6. The van der Waals surface area contributed by atoms with E-state index in [1.807, 2.05) is 24.3 Å². The molecule has 0 aliphatic heterocycles. The average molecular weight is 449 g/mol. The molecule has 2 amide bonds. The van der Waals surface area contributed by atoms with Crippen LogP contribution >= 0.6 is 0 Å². The zero-order valence-electron chi connectivity index (χ0n) is 18.4. The van der Waals surface area contributed by atoms with Gasteiger partial charge in [-0.1, -0.05) is 48.5 Å². The number of alkyl carbamates (subject to hydrolysis) is 1. The van der Waals surface area contributed by atoms with Gasteiger partial charge in [0.2, 0.25) is 5.91 Å². The maximum atomic E-state index is 12.7. The van der Waals surface area contributed by atoms with Crippen molar-refractivity contribution in [2.24, 2.45) is 11.8 Å². The van der Waals surface area contributed by atoms with Crippen LogP contribution in [0.15, 0.2) is 48.5 Å². The van der Waals surface area contributed by atoms with Crippen molar-refractivity contribution >= 4 is 18.0 Å². The Kier molecular flexibility index (Phi) is 5.56. The lowest BCUT2D eigenvalue weighted by Crippen LogP contribution is -2.56. The van der Waals surface area contributed by atoms with Crippen LogP contribution in [-0.2, 0) is 14.3 Å². The van der Waals surface area contributed by atoms with Gasteiger partial charge in [0.1, 0.15) is 6.61 Å². The predicted octanol–water partition coefficient (Wildman–Crippen LogP) is 3.67. The van der Waals surface area contributed by atoms with Crippen LogP contribution in [-0.4, -0.2) is 41.8 Å². The lowest BCUT2D eigenvalue weighted by Gasteiger charge is -2.41. The Bertz CT molecular complexity index is 1050. The van der Waals surface area contributed by atoms with Crippen LogP contribution in [0.2, 0.25) is 0 Å². The minimum atomic E-state index is -0.804. The van der Waals surface area contributed by atoms with Crippen LogP contribution in [0.25, 0.3) is 11.1 Å². The molecule has 0 saturated heterocycles. The Morgan fingerprint density at radius 3 is 2.18 bits per heavy atom. The smallest absolute Gasteiger partial charge is 0.407 e. The number of carbonyl (C=O) groups is 3. The van der Waals surface area contributed by atoms with E-state index < -0.39 is 17.6 Å². The summed E-state index contributed by atoms with van der Waals surface area (Å²) in [5.74, 6) is -1.31. The number of aliphatic carboxylic acids is 1. The molecule has 0 aromatic heterocycles. The molecule has 0 unspecified atom stereocenters. The lowest BCUT2D eigenvalue weighted by atomic mass is 9.74. The normalized spacial score (nSPS) is 21.8. The number of fused-ring (bicyclic) bond motifs is 3. The van der Waals surface area contributed by atoms with E-state index in [1.54, 1.807) is 0 Å². The Labute approximate surface area is 192 Å². The van der Waals surface area contributed by atoms with Crippen molar-refractivity contribution in [3.63, 3.8) is 0 Å². The van der Waals surface area contributed by atoms with Crippen molar-refractivity contribution in [2.45, 2.75) is 43.6 Å². The second-order valence-electron chi connectivity index (χ2n) is 9.51. The zero-order valence-corrected chi connectivity index (χ0v) is 18.4. The summed E-state index contributed by atoms with van der Waals surface area (Å²) in [4.78, 5) is 36.1. The van der Waals surface area contributed by atoms with Crippen LogP contribution in [0.1, 0.15) is 49.1 Å². The van der Waals surface area contributed by atoms with E-state index in [-0.39, 0.29) is 36.7 Å². The monoisotopic (exact) mass is 448 g/mol. The summed E-state index contributed by atoms with van der Waals surface area (Å²) in [7, 11) is 0. The molecule has 3 N–H and O–H groups in total. The van der Waals surface area contributed by atoms with Crippen LogP contribution in [0.4, 0.5) is 4.79 Å². The number of hydrogen-bond acceptors (Lipinski definition) is 4. The highest BCUT2D eigenvalue weighted by Crippen LogP contribution is 2.44. The molecular formula is C26H28N2O5. The number of carbonyl (C=O) groups excluding carboxylic acids is 2. The quantitative estimate of drug-likeness (QED) is 0.572. The molecule has 2 saturated carbocycles. The van der Waals surface area contributed by atoms with E-state index in [9.17, 15) is 14.4 Å². The fourth-order valence-electron chi connectivity index (χ4n) is 5.19. The van der Waals surface area contributed by atoms with Crippen molar-refractivity contribution in [2.75, 3.05) is 13.2 Å². The average Bonchev–Trinajstić information content (AvgIpc) is 3.51. The maximum Gasteiger partial charge on any atom is 0.407 e. The minimum absolute atomic E-state index is 0.00971. The van der Waals surface area contributed by atoms with Crippen molar-refractivity contribution in [1.82, 2.24) is 10.6 Å². The molecule has 3 aliphatic carbocycles. The summed E-state index contributed by atoms with van der Waals surface area (Å²) in [6, 6.07) is 16.4. The van der Waals surface area contributed by atoms with Crippen molar-refractivity contribution in [1.29, 1.82) is 0 Å². The van der Waals surface area contributed by atoms with E-state index >= 15 is 0 Å². The van der Waals surface area contributed by atoms with Gasteiger partial charge in [-0.3, -0.25) is 9.59 Å². The van der Waals surface area contributed by atoms with E-state index in [0.29, 0.717) is 13.0 Å². The number of carboxylic acids is 1. The molecule has 2 atom stereocenters. The van der Waals surface area contributed by atoms with Gasteiger partial charge < -0.3 is 20.5 Å². The number of hydrogen-bond donors (Lipinski definition) is 3. The molecule has 0 heterocycles. The number of rotatable bonds is 8. The molecular weight excluding hydrogens is 420 g/mol. The fourth-order valence-corrected chi connectivity index (χ4v) is 5.19. The maximum absolute atomic E-state index is 12.7. The van der Waals surface area contributed by atoms with Crippen LogP contribution in [0.3, 0.4) is 0 Å². The predicted molar refractivity (Wildman–Crippen MR) is 122 cm³/mol. The standard InChI is InChI=1S/C26H28N2O5/c29-23(27-14-16-12-21(16)24(30)31)13-26(10-5-11-26)28-25(32)33-15-22-19-8-3-1-6-17(19)18-7-2-4-9-20(18)22/h1-4,6-9,16,21-22H,5,10-15H2,(H,27,29)(H,28,32)(H,30,31)/t16-,21-/m0/s1. The Morgan fingerprint density at radius 2 is 1.64 bits per heavy atom. The molecule has 0 radical (unpaired) electrons. The minimum Gasteiger partial charge on any atom is -0.481 e. The van der Waals surface area contributed by atoms with E-state index in [2.05, 4.69) is 34.9 Å². The van der Waals surface area contributed by atoms with E-state index in [4.69, 9.17) is 9.84 Å². The number of carboxylic acid groups (broad SMARTS) is 1. The number of benzene rings is 2. The second-order valence-corrected chi connectivity index (χ2v) is 9.51. The van der Waals surface area contributed by atoms with Gasteiger partial charge in [-0.2, -0.15) is 0 Å². The number of nitrogens with one attached hydrogen (secondary N) is 2. The summed E-state index contributed by atoms with van der Waals surface area (Å²) in [5.41, 5.74) is 4.08. The van der Waals surface area contributed by atoms with E-state index in [1.165, 1.54) is 11.1 Å². The molecule has 5 rings (SSSR count).